The third-order valence-electron chi connectivity index (χ3n) is 7.08. The summed E-state index contributed by atoms with van der Waals surface area (Å²) in [6.45, 7) is 3.85. The van der Waals surface area contributed by atoms with Crippen LogP contribution in [0.2, 0.25) is 0 Å². The van der Waals surface area contributed by atoms with Crippen molar-refractivity contribution >= 4 is 28.8 Å². The van der Waals surface area contributed by atoms with Crippen molar-refractivity contribution in [3.05, 3.63) is 59.0 Å². The molecule has 10 nitrogen and oxygen atoms in total. The number of benzene rings is 1. The van der Waals surface area contributed by atoms with E-state index in [1.807, 2.05) is 6.92 Å². The molecule has 3 aromatic rings. The fourth-order valence-electron chi connectivity index (χ4n) is 4.98. The number of carbonyl (C=O) groups is 2. The zero-order valence-corrected chi connectivity index (χ0v) is 23.0. The van der Waals surface area contributed by atoms with E-state index in [0.29, 0.717) is 29.0 Å². The van der Waals surface area contributed by atoms with Crippen LogP contribution in [-0.4, -0.2) is 58.1 Å². The molecule has 0 bridgehead atoms. The number of halogens is 4. The summed E-state index contributed by atoms with van der Waals surface area (Å²) in [6.07, 6.45) is -3.97. The van der Waals surface area contributed by atoms with Crippen molar-refractivity contribution in [3.63, 3.8) is 0 Å². The van der Waals surface area contributed by atoms with E-state index in [1.54, 1.807) is 19.1 Å². The molecule has 2 aliphatic heterocycles. The maximum Gasteiger partial charge on any atom is 0.435 e. The van der Waals surface area contributed by atoms with Gasteiger partial charge in [0.05, 0.1) is 30.7 Å². The van der Waals surface area contributed by atoms with Gasteiger partial charge >= 0.3 is 6.18 Å². The van der Waals surface area contributed by atoms with E-state index in [0.717, 1.165) is 10.6 Å². The second kappa shape index (κ2) is 11.4. The Morgan fingerprint density at radius 2 is 1.81 bits per heavy atom. The topological polar surface area (TPSA) is 110 Å². The van der Waals surface area contributed by atoms with Crippen molar-refractivity contribution in [3.8, 4) is 11.6 Å². The number of carbonyl (C=O) groups excluding carboxylic acids is 2. The maximum atomic E-state index is 14.8. The van der Waals surface area contributed by atoms with Gasteiger partial charge in [-0.15, -0.1) is 0 Å². The van der Waals surface area contributed by atoms with E-state index in [4.69, 9.17) is 9.47 Å². The van der Waals surface area contributed by atoms with Gasteiger partial charge in [0.25, 0.3) is 0 Å². The summed E-state index contributed by atoms with van der Waals surface area (Å²) in [6, 6.07) is 8.46. The van der Waals surface area contributed by atoms with Crippen LogP contribution in [0.3, 0.4) is 0 Å². The Balaban J connectivity index is 1.29. The summed E-state index contributed by atoms with van der Waals surface area (Å²) in [5, 5.41) is 13.5. The van der Waals surface area contributed by atoms with Crippen LogP contribution in [0.25, 0.3) is 5.52 Å². The molecule has 1 N–H and O–H groups in total. The maximum absolute atomic E-state index is 14.8. The molecular formula is C28H28F4N6O4. The molecule has 0 aliphatic carbocycles. The SMILES string of the molecule is COc1ccc(C2=NN(CCCOc3ccc(C4=NNC(=O)CC4C)cc3F)C(=O)CC2C)c2cc(C(F)(F)F)nn12. The molecule has 0 radical (unpaired) electrons. The summed E-state index contributed by atoms with van der Waals surface area (Å²) in [5.74, 6) is -1.41. The van der Waals surface area contributed by atoms with Crippen LogP contribution in [0, 0.1) is 17.7 Å². The Bertz CT molecular complexity index is 1600. The highest BCUT2D eigenvalue weighted by molar-refractivity contribution is 6.10. The van der Waals surface area contributed by atoms with Crippen molar-refractivity contribution in [1.29, 1.82) is 0 Å². The van der Waals surface area contributed by atoms with Gasteiger partial charge in [-0.3, -0.25) is 9.59 Å². The van der Waals surface area contributed by atoms with Gasteiger partial charge in [0, 0.05) is 54.8 Å². The molecule has 0 spiro atoms. The molecule has 0 saturated heterocycles. The summed E-state index contributed by atoms with van der Waals surface area (Å²) in [4.78, 5) is 24.2. The normalized spacial score (nSPS) is 19.5. The third-order valence-corrected chi connectivity index (χ3v) is 7.08. The number of methoxy groups -OCH3 is 1. The molecule has 0 fully saturated rings. The first-order valence-corrected chi connectivity index (χ1v) is 13.3. The van der Waals surface area contributed by atoms with Crippen LogP contribution in [0.5, 0.6) is 11.6 Å². The standard InChI is InChI=1S/C28H28F4N6O4/c1-15-11-23(39)33-34-26(15)17-5-7-21(19(29)13-17)42-10-4-9-37-24(40)12-16(2)27(36-37)18-6-8-25(41-3)38-20(18)14-22(35-38)28(30,31)32/h5-8,13-16H,4,9-12H2,1-3H3,(H,33,39). The Labute approximate surface area is 238 Å². The molecule has 2 unspecified atom stereocenters. The smallest absolute Gasteiger partial charge is 0.435 e. The molecule has 14 heteroatoms. The van der Waals surface area contributed by atoms with Crippen molar-refractivity contribution in [2.45, 2.75) is 39.3 Å². The van der Waals surface area contributed by atoms with Crippen LogP contribution in [0.1, 0.15) is 49.9 Å². The summed E-state index contributed by atoms with van der Waals surface area (Å²) < 4.78 is 66.9. The Hall–Kier alpha value is -4.49. The number of pyridine rings is 1. The summed E-state index contributed by atoms with van der Waals surface area (Å²) in [5.41, 5.74) is 3.44. The summed E-state index contributed by atoms with van der Waals surface area (Å²) in [7, 11) is 1.33. The largest absolute Gasteiger partial charge is 0.490 e. The molecule has 2 aromatic heterocycles. The highest BCUT2D eigenvalue weighted by Gasteiger charge is 2.36. The minimum absolute atomic E-state index is 0.0245. The molecule has 42 heavy (non-hydrogen) atoms. The average Bonchev–Trinajstić information content (AvgIpc) is 3.39. The molecule has 2 atom stereocenters. The van der Waals surface area contributed by atoms with Gasteiger partial charge in [-0.2, -0.15) is 33.0 Å². The number of aromatic nitrogens is 2. The predicted octanol–water partition coefficient (Wildman–Crippen LogP) is 4.40. The minimum atomic E-state index is -4.66. The molecule has 1 aromatic carbocycles. The van der Waals surface area contributed by atoms with E-state index in [-0.39, 0.29) is 66.8 Å². The number of alkyl halides is 3. The minimum Gasteiger partial charge on any atom is -0.490 e. The lowest BCUT2D eigenvalue weighted by Gasteiger charge is -2.28. The van der Waals surface area contributed by atoms with Crippen molar-refractivity contribution in [2.75, 3.05) is 20.3 Å². The second-order valence-corrected chi connectivity index (χ2v) is 10.2. The van der Waals surface area contributed by atoms with Crippen LogP contribution in [0.4, 0.5) is 17.6 Å². The van der Waals surface area contributed by atoms with E-state index < -0.39 is 17.7 Å². The van der Waals surface area contributed by atoms with Gasteiger partial charge < -0.3 is 9.47 Å². The fraction of sp³-hybridized carbons (Fsp3) is 0.393. The highest BCUT2D eigenvalue weighted by atomic mass is 19.4. The van der Waals surface area contributed by atoms with Crippen molar-refractivity contribution < 1.29 is 36.6 Å². The van der Waals surface area contributed by atoms with Gasteiger partial charge in [0.15, 0.2) is 17.3 Å². The number of fused-ring (bicyclic) bond motifs is 1. The van der Waals surface area contributed by atoms with Crippen LogP contribution >= 0.6 is 0 Å². The Morgan fingerprint density at radius 3 is 2.50 bits per heavy atom. The van der Waals surface area contributed by atoms with Crippen LogP contribution < -0.4 is 14.9 Å². The van der Waals surface area contributed by atoms with Gasteiger partial charge in [-0.25, -0.2) is 14.8 Å². The quantitative estimate of drug-likeness (QED) is 0.310. The predicted molar refractivity (Wildman–Crippen MR) is 144 cm³/mol. The molecule has 2 aliphatic rings. The monoisotopic (exact) mass is 588 g/mol. The van der Waals surface area contributed by atoms with E-state index in [2.05, 4.69) is 20.7 Å². The molecule has 4 heterocycles. The van der Waals surface area contributed by atoms with E-state index in [9.17, 15) is 27.2 Å². The number of hydrogen-bond donors (Lipinski definition) is 1. The first kappa shape index (κ1) is 29.0. The lowest BCUT2D eigenvalue weighted by atomic mass is 9.93. The molecule has 2 amide bonds. The van der Waals surface area contributed by atoms with Gasteiger partial charge in [-0.1, -0.05) is 13.8 Å². The first-order chi connectivity index (χ1) is 20.0. The van der Waals surface area contributed by atoms with Crippen LogP contribution in [0.15, 0.2) is 46.6 Å². The Morgan fingerprint density at radius 1 is 1.05 bits per heavy atom. The molecular weight excluding hydrogens is 560 g/mol. The Kier molecular flexibility index (Phi) is 7.89. The first-order valence-electron chi connectivity index (χ1n) is 13.3. The van der Waals surface area contributed by atoms with Crippen LogP contribution in [-0.2, 0) is 15.8 Å². The number of hydrogen-bond acceptors (Lipinski definition) is 7. The molecule has 222 valence electrons. The summed E-state index contributed by atoms with van der Waals surface area (Å²) >= 11 is 0. The van der Waals surface area contributed by atoms with E-state index in [1.165, 1.54) is 30.3 Å². The van der Waals surface area contributed by atoms with E-state index >= 15 is 0 Å². The molecule has 5 rings (SSSR count). The lowest BCUT2D eigenvalue weighted by molar-refractivity contribution is -0.141. The molecule has 0 saturated carbocycles. The van der Waals surface area contributed by atoms with Crippen molar-refractivity contribution in [2.24, 2.45) is 22.0 Å². The zero-order chi connectivity index (χ0) is 30.2. The number of nitrogens with one attached hydrogen (secondary N) is 1. The van der Waals surface area contributed by atoms with Gasteiger partial charge in [0.2, 0.25) is 17.7 Å². The number of rotatable bonds is 8. The fourth-order valence-corrected chi connectivity index (χ4v) is 4.98. The number of ether oxygens (including phenoxy) is 2. The van der Waals surface area contributed by atoms with Gasteiger partial charge in [-0.05, 0) is 30.3 Å². The lowest BCUT2D eigenvalue weighted by Crippen LogP contribution is -2.37. The van der Waals surface area contributed by atoms with Gasteiger partial charge in [0.1, 0.15) is 0 Å². The number of hydrazone groups is 2. The zero-order valence-electron chi connectivity index (χ0n) is 23.0. The highest BCUT2D eigenvalue weighted by Crippen LogP contribution is 2.33. The second-order valence-electron chi connectivity index (χ2n) is 10.2. The number of nitrogens with zero attached hydrogens (tertiary/aromatic N) is 5. The van der Waals surface area contributed by atoms with Crippen molar-refractivity contribution in [1.82, 2.24) is 20.0 Å². The third kappa shape index (κ3) is 5.78. The average molecular weight is 589 g/mol. The number of amides is 2.